The first-order chi connectivity index (χ1) is 5.84. The lowest BCUT2D eigenvalue weighted by Crippen LogP contribution is -2.05. The molecule has 0 saturated carbocycles. The molecule has 1 N–H and O–H groups in total. The zero-order valence-electron chi connectivity index (χ0n) is 6.54. The minimum atomic E-state index is -4.58. The number of aromatic nitrogens is 1. The number of hydrogen-bond acceptors (Lipinski definition) is 0. The van der Waals surface area contributed by atoms with Gasteiger partial charge in [0.15, 0.2) is 0 Å². The SMILES string of the molecule is Cc1c(C(F)(F)F)c[nH]c1C(F)F. The van der Waals surface area contributed by atoms with Crippen molar-refractivity contribution < 1.29 is 22.0 Å². The van der Waals surface area contributed by atoms with Gasteiger partial charge in [-0.2, -0.15) is 13.2 Å². The lowest BCUT2D eigenvalue weighted by Gasteiger charge is -2.05. The van der Waals surface area contributed by atoms with Crippen molar-refractivity contribution in [2.24, 2.45) is 0 Å². The molecule has 0 aliphatic rings. The summed E-state index contributed by atoms with van der Waals surface area (Å²) in [6, 6.07) is 0. The number of nitrogens with one attached hydrogen (secondary N) is 1. The molecule has 74 valence electrons. The van der Waals surface area contributed by atoms with Crippen molar-refractivity contribution in [3.63, 3.8) is 0 Å². The highest BCUT2D eigenvalue weighted by Crippen LogP contribution is 2.35. The van der Waals surface area contributed by atoms with Crippen molar-refractivity contribution in [2.75, 3.05) is 0 Å². The van der Waals surface area contributed by atoms with Crippen LogP contribution in [0.1, 0.15) is 23.2 Å². The van der Waals surface area contributed by atoms with E-state index in [0.717, 1.165) is 6.92 Å². The Labute approximate surface area is 70.6 Å². The molecular formula is C7H6F5N. The summed E-state index contributed by atoms with van der Waals surface area (Å²) < 4.78 is 60.2. The Balaban J connectivity index is 3.14. The Kier molecular flexibility index (Phi) is 2.32. The predicted molar refractivity (Wildman–Crippen MR) is 35.5 cm³/mol. The van der Waals surface area contributed by atoms with Crippen LogP contribution in [-0.2, 0) is 6.18 Å². The van der Waals surface area contributed by atoms with Gasteiger partial charge in [0.1, 0.15) is 0 Å². The van der Waals surface area contributed by atoms with Gasteiger partial charge in [-0.15, -0.1) is 0 Å². The summed E-state index contributed by atoms with van der Waals surface area (Å²) in [6.07, 6.45) is -6.93. The maximum Gasteiger partial charge on any atom is 0.418 e. The van der Waals surface area contributed by atoms with Crippen LogP contribution >= 0.6 is 0 Å². The Morgan fingerprint density at radius 2 is 1.85 bits per heavy atom. The van der Waals surface area contributed by atoms with E-state index in [4.69, 9.17) is 0 Å². The highest BCUT2D eigenvalue weighted by atomic mass is 19.4. The molecule has 0 radical (unpaired) electrons. The third-order valence-corrected chi connectivity index (χ3v) is 1.70. The predicted octanol–water partition coefficient (Wildman–Crippen LogP) is 3.28. The molecule has 0 fully saturated rings. The molecule has 1 rings (SSSR count). The van der Waals surface area contributed by atoms with E-state index in [0.29, 0.717) is 6.20 Å². The van der Waals surface area contributed by atoms with Gasteiger partial charge in [0.2, 0.25) is 0 Å². The smallest absolute Gasteiger partial charge is 0.360 e. The number of rotatable bonds is 1. The summed E-state index contributed by atoms with van der Waals surface area (Å²) in [5.74, 6) is 0. The van der Waals surface area contributed by atoms with E-state index in [1.807, 2.05) is 4.98 Å². The number of hydrogen-bond donors (Lipinski definition) is 1. The van der Waals surface area contributed by atoms with Gasteiger partial charge in [0.25, 0.3) is 6.43 Å². The minimum Gasteiger partial charge on any atom is -0.360 e. The van der Waals surface area contributed by atoms with Crippen molar-refractivity contribution in [2.45, 2.75) is 19.5 Å². The molecule has 0 unspecified atom stereocenters. The second-order valence-electron chi connectivity index (χ2n) is 2.54. The largest absolute Gasteiger partial charge is 0.418 e. The Hall–Kier alpha value is -1.07. The van der Waals surface area contributed by atoms with Gasteiger partial charge < -0.3 is 4.98 Å². The van der Waals surface area contributed by atoms with Gasteiger partial charge in [0, 0.05) is 6.20 Å². The third-order valence-electron chi connectivity index (χ3n) is 1.70. The average Bonchev–Trinajstić information content (AvgIpc) is 2.28. The summed E-state index contributed by atoms with van der Waals surface area (Å²) in [5, 5.41) is 0. The van der Waals surface area contributed by atoms with Crippen LogP contribution in [-0.4, -0.2) is 4.98 Å². The van der Waals surface area contributed by atoms with Crippen LogP contribution in [0.15, 0.2) is 6.20 Å². The summed E-state index contributed by atoms with van der Waals surface area (Å²) in [5.41, 5.74) is -2.15. The molecule has 0 atom stereocenters. The number of aromatic amines is 1. The summed E-state index contributed by atoms with van der Waals surface area (Å²) in [4.78, 5) is 1.91. The molecule has 13 heavy (non-hydrogen) atoms. The van der Waals surface area contributed by atoms with Gasteiger partial charge in [-0.3, -0.25) is 0 Å². The fourth-order valence-corrected chi connectivity index (χ4v) is 1.03. The highest BCUT2D eigenvalue weighted by Gasteiger charge is 2.35. The van der Waals surface area contributed by atoms with Crippen molar-refractivity contribution in [3.05, 3.63) is 23.0 Å². The van der Waals surface area contributed by atoms with E-state index in [1.54, 1.807) is 0 Å². The lowest BCUT2D eigenvalue weighted by atomic mass is 10.1. The molecule has 0 spiro atoms. The molecule has 0 aliphatic carbocycles. The van der Waals surface area contributed by atoms with Gasteiger partial charge in [-0.25, -0.2) is 8.78 Å². The van der Waals surface area contributed by atoms with Crippen molar-refractivity contribution in [1.82, 2.24) is 4.98 Å². The van der Waals surface area contributed by atoms with E-state index in [-0.39, 0.29) is 0 Å². The minimum absolute atomic E-state index is 0.442. The fourth-order valence-electron chi connectivity index (χ4n) is 1.03. The van der Waals surface area contributed by atoms with Crippen LogP contribution in [0.3, 0.4) is 0 Å². The first kappa shape index (κ1) is 10.0. The van der Waals surface area contributed by atoms with Crippen molar-refractivity contribution >= 4 is 0 Å². The van der Waals surface area contributed by atoms with E-state index in [2.05, 4.69) is 0 Å². The quantitative estimate of drug-likeness (QED) is 0.668. The van der Waals surface area contributed by atoms with Gasteiger partial charge in [-0.1, -0.05) is 0 Å². The van der Waals surface area contributed by atoms with Crippen LogP contribution in [0.5, 0.6) is 0 Å². The van der Waals surface area contributed by atoms with Gasteiger partial charge in [0.05, 0.1) is 11.3 Å². The molecule has 0 aromatic carbocycles. The van der Waals surface area contributed by atoms with E-state index >= 15 is 0 Å². The van der Waals surface area contributed by atoms with Gasteiger partial charge >= 0.3 is 6.18 Å². The molecule has 1 nitrogen and oxygen atoms in total. The van der Waals surface area contributed by atoms with Crippen LogP contribution in [0.25, 0.3) is 0 Å². The Morgan fingerprint density at radius 3 is 2.08 bits per heavy atom. The molecule has 1 aromatic rings. The maximum absolute atomic E-state index is 12.1. The molecule has 1 aromatic heterocycles. The zero-order valence-corrected chi connectivity index (χ0v) is 6.54. The van der Waals surface area contributed by atoms with Crippen LogP contribution < -0.4 is 0 Å². The van der Waals surface area contributed by atoms with E-state index < -0.39 is 29.4 Å². The molecule has 0 aliphatic heterocycles. The normalized spacial score (nSPS) is 12.5. The van der Waals surface area contributed by atoms with E-state index in [9.17, 15) is 22.0 Å². The average molecular weight is 199 g/mol. The molecule has 6 heteroatoms. The molecule has 0 saturated heterocycles. The Morgan fingerprint density at radius 1 is 1.31 bits per heavy atom. The number of halogens is 5. The first-order valence-corrected chi connectivity index (χ1v) is 3.37. The summed E-state index contributed by atoms with van der Waals surface area (Å²) in [7, 11) is 0. The standard InChI is InChI=1S/C7H6F5N/c1-3-4(7(10,11)12)2-13-5(3)6(8)9/h2,6,13H,1H3. The van der Waals surface area contributed by atoms with Crippen LogP contribution in [0, 0.1) is 6.92 Å². The molecular weight excluding hydrogens is 193 g/mol. The Bertz CT molecular complexity index is 298. The van der Waals surface area contributed by atoms with Crippen molar-refractivity contribution in [3.8, 4) is 0 Å². The number of H-pyrrole nitrogens is 1. The fraction of sp³-hybridized carbons (Fsp3) is 0.429. The summed E-state index contributed by atoms with van der Waals surface area (Å²) >= 11 is 0. The maximum atomic E-state index is 12.1. The second-order valence-corrected chi connectivity index (χ2v) is 2.54. The molecule has 0 bridgehead atoms. The highest BCUT2D eigenvalue weighted by molar-refractivity contribution is 5.32. The van der Waals surface area contributed by atoms with Crippen molar-refractivity contribution in [1.29, 1.82) is 0 Å². The zero-order chi connectivity index (χ0) is 10.2. The van der Waals surface area contributed by atoms with Crippen LogP contribution in [0.2, 0.25) is 0 Å². The monoisotopic (exact) mass is 199 g/mol. The summed E-state index contributed by atoms with van der Waals surface area (Å²) in [6.45, 7) is 1.01. The first-order valence-electron chi connectivity index (χ1n) is 3.37. The third kappa shape index (κ3) is 1.81. The van der Waals surface area contributed by atoms with Crippen LogP contribution in [0.4, 0.5) is 22.0 Å². The molecule has 1 heterocycles. The van der Waals surface area contributed by atoms with Gasteiger partial charge in [-0.05, 0) is 12.5 Å². The van der Waals surface area contributed by atoms with E-state index in [1.165, 1.54) is 0 Å². The topological polar surface area (TPSA) is 15.8 Å². The molecule has 0 amide bonds. The number of alkyl halides is 5. The lowest BCUT2D eigenvalue weighted by molar-refractivity contribution is -0.137. The second kappa shape index (κ2) is 3.01.